The Morgan fingerprint density at radius 3 is 2.33 bits per heavy atom. The number of aryl methyl sites for hydroxylation is 1. The molecule has 0 spiro atoms. The van der Waals surface area contributed by atoms with Crippen LogP contribution in [0.15, 0.2) is 42.5 Å². The first kappa shape index (κ1) is 14.6. The van der Waals surface area contributed by atoms with E-state index >= 15 is 0 Å². The summed E-state index contributed by atoms with van der Waals surface area (Å²) in [6.45, 7) is -0.0752. The second-order valence-electron chi connectivity index (χ2n) is 4.75. The van der Waals surface area contributed by atoms with Gasteiger partial charge in [-0.2, -0.15) is 10.5 Å². The molecule has 4 heteroatoms. The van der Waals surface area contributed by atoms with Crippen LogP contribution in [0.3, 0.4) is 0 Å². The molecule has 0 aliphatic carbocycles. The zero-order chi connectivity index (χ0) is 15.1. The summed E-state index contributed by atoms with van der Waals surface area (Å²) in [7, 11) is 0. The lowest BCUT2D eigenvalue weighted by Gasteiger charge is -2.15. The lowest BCUT2D eigenvalue weighted by molar-refractivity contribution is -0.130. The summed E-state index contributed by atoms with van der Waals surface area (Å²) < 4.78 is 0. The molecule has 0 saturated carbocycles. The van der Waals surface area contributed by atoms with Gasteiger partial charge in [-0.05, 0) is 22.8 Å². The molecular weight excluding hydrogens is 262 g/mol. The molecule has 0 N–H and O–H groups in total. The van der Waals surface area contributed by atoms with E-state index in [1.807, 2.05) is 48.5 Å². The molecule has 21 heavy (non-hydrogen) atoms. The molecular formula is C17H15N3O. The van der Waals surface area contributed by atoms with Crippen LogP contribution in [0.4, 0.5) is 0 Å². The van der Waals surface area contributed by atoms with Gasteiger partial charge in [-0.1, -0.05) is 42.5 Å². The number of carbonyl (C=O) groups is 1. The van der Waals surface area contributed by atoms with Crippen LogP contribution in [0.1, 0.15) is 12.0 Å². The van der Waals surface area contributed by atoms with E-state index in [9.17, 15) is 4.79 Å². The van der Waals surface area contributed by atoms with Crippen LogP contribution < -0.4 is 0 Å². The molecule has 0 saturated heterocycles. The number of rotatable bonds is 5. The Hall–Kier alpha value is -2.85. The molecule has 1 amide bonds. The molecule has 0 unspecified atom stereocenters. The van der Waals surface area contributed by atoms with E-state index in [1.54, 1.807) is 0 Å². The van der Waals surface area contributed by atoms with E-state index in [1.165, 1.54) is 10.3 Å². The smallest absolute Gasteiger partial charge is 0.224 e. The number of benzene rings is 2. The Bertz CT molecular complexity index is 709. The first-order chi connectivity index (χ1) is 10.2. The lowest BCUT2D eigenvalue weighted by Crippen LogP contribution is -2.31. The minimum Gasteiger partial charge on any atom is -0.316 e. The molecule has 0 aromatic heterocycles. The molecule has 0 heterocycles. The molecule has 0 radical (unpaired) electrons. The maximum Gasteiger partial charge on any atom is 0.224 e. The van der Waals surface area contributed by atoms with E-state index in [0.29, 0.717) is 12.8 Å². The predicted molar refractivity (Wildman–Crippen MR) is 80.1 cm³/mol. The monoisotopic (exact) mass is 277 g/mol. The van der Waals surface area contributed by atoms with Crippen LogP contribution in [0.25, 0.3) is 10.8 Å². The molecule has 0 fully saturated rings. The van der Waals surface area contributed by atoms with E-state index in [-0.39, 0.29) is 19.0 Å². The van der Waals surface area contributed by atoms with Crippen LogP contribution in [0.2, 0.25) is 0 Å². The Balaban J connectivity index is 2.02. The molecule has 0 aliphatic heterocycles. The highest BCUT2D eigenvalue weighted by Crippen LogP contribution is 2.16. The number of nitrogens with zero attached hydrogens (tertiary/aromatic N) is 3. The highest BCUT2D eigenvalue weighted by atomic mass is 16.2. The second-order valence-corrected chi connectivity index (χ2v) is 4.75. The van der Waals surface area contributed by atoms with Crippen LogP contribution in [-0.4, -0.2) is 23.9 Å². The molecule has 4 nitrogen and oxygen atoms in total. The average Bonchev–Trinajstić information content (AvgIpc) is 2.52. The van der Waals surface area contributed by atoms with Gasteiger partial charge in [-0.25, -0.2) is 0 Å². The van der Waals surface area contributed by atoms with Gasteiger partial charge in [-0.3, -0.25) is 4.79 Å². The van der Waals surface area contributed by atoms with Crippen molar-refractivity contribution in [2.24, 2.45) is 0 Å². The van der Waals surface area contributed by atoms with Crippen LogP contribution in [-0.2, 0) is 11.2 Å². The first-order valence-electron chi connectivity index (χ1n) is 6.74. The van der Waals surface area contributed by atoms with Gasteiger partial charge in [0.2, 0.25) is 5.91 Å². The van der Waals surface area contributed by atoms with Gasteiger partial charge in [-0.15, -0.1) is 0 Å². The quantitative estimate of drug-likeness (QED) is 0.789. The van der Waals surface area contributed by atoms with Crippen molar-refractivity contribution in [2.45, 2.75) is 12.8 Å². The van der Waals surface area contributed by atoms with Crippen molar-refractivity contribution in [2.75, 3.05) is 13.1 Å². The molecule has 0 atom stereocenters. The van der Waals surface area contributed by atoms with E-state index in [4.69, 9.17) is 10.5 Å². The third-order valence-corrected chi connectivity index (χ3v) is 3.32. The SMILES string of the molecule is N#CCN(CC#N)C(=O)CCc1ccc2ccccc2c1. The Kier molecular flexibility index (Phi) is 4.90. The number of carbonyl (C=O) groups excluding carboxylic acids is 1. The molecule has 104 valence electrons. The largest absolute Gasteiger partial charge is 0.316 e. The van der Waals surface area contributed by atoms with Crippen LogP contribution in [0.5, 0.6) is 0 Å². The average molecular weight is 277 g/mol. The van der Waals surface area contributed by atoms with Gasteiger partial charge >= 0.3 is 0 Å². The topological polar surface area (TPSA) is 67.9 Å². The third-order valence-electron chi connectivity index (χ3n) is 3.32. The van der Waals surface area contributed by atoms with Crippen LogP contribution in [0, 0.1) is 22.7 Å². The fraction of sp³-hybridized carbons (Fsp3) is 0.235. The van der Waals surface area contributed by atoms with Gasteiger partial charge in [0.25, 0.3) is 0 Å². The summed E-state index contributed by atoms with van der Waals surface area (Å²) >= 11 is 0. The minimum absolute atomic E-state index is 0.0376. The molecule has 2 aromatic rings. The zero-order valence-corrected chi connectivity index (χ0v) is 11.6. The van der Waals surface area contributed by atoms with Crippen molar-refractivity contribution >= 4 is 16.7 Å². The first-order valence-corrected chi connectivity index (χ1v) is 6.74. The third kappa shape index (κ3) is 3.81. The second kappa shape index (κ2) is 7.07. The highest BCUT2D eigenvalue weighted by molar-refractivity contribution is 5.83. The lowest BCUT2D eigenvalue weighted by atomic mass is 10.0. The van der Waals surface area contributed by atoms with E-state index in [0.717, 1.165) is 10.9 Å². The maximum absolute atomic E-state index is 12.0. The normalized spacial score (nSPS) is 9.81. The van der Waals surface area contributed by atoms with Crippen molar-refractivity contribution < 1.29 is 4.79 Å². The summed E-state index contributed by atoms with van der Waals surface area (Å²) in [5.41, 5.74) is 1.08. The van der Waals surface area contributed by atoms with Gasteiger partial charge in [0, 0.05) is 6.42 Å². The fourth-order valence-corrected chi connectivity index (χ4v) is 2.21. The molecule has 2 aromatic carbocycles. The Morgan fingerprint density at radius 1 is 1.00 bits per heavy atom. The minimum atomic E-state index is -0.161. The summed E-state index contributed by atoms with van der Waals surface area (Å²) in [6.07, 6.45) is 0.915. The number of amides is 1. The summed E-state index contributed by atoms with van der Waals surface area (Å²) in [5.74, 6) is -0.161. The van der Waals surface area contributed by atoms with Crippen molar-refractivity contribution in [1.29, 1.82) is 10.5 Å². The van der Waals surface area contributed by atoms with Crippen molar-refractivity contribution in [3.63, 3.8) is 0 Å². The summed E-state index contributed by atoms with van der Waals surface area (Å²) in [6, 6.07) is 18.0. The fourth-order valence-electron chi connectivity index (χ4n) is 2.21. The Morgan fingerprint density at radius 2 is 1.67 bits per heavy atom. The maximum atomic E-state index is 12.0. The van der Waals surface area contributed by atoms with E-state index in [2.05, 4.69) is 6.07 Å². The van der Waals surface area contributed by atoms with Crippen molar-refractivity contribution in [1.82, 2.24) is 4.90 Å². The van der Waals surface area contributed by atoms with Gasteiger partial charge < -0.3 is 4.90 Å². The zero-order valence-electron chi connectivity index (χ0n) is 11.6. The van der Waals surface area contributed by atoms with Crippen molar-refractivity contribution in [3.05, 3.63) is 48.0 Å². The number of hydrogen-bond donors (Lipinski definition) is 0. The van der Waals surface area contributed by atoms with E-state index < -0.39 is 0 Å². The molecule has 0 bridgehead atoms. The number of hydrogen-bond acceptors (Lipinski definition) is 3. The number of nitriles is 2. The summed E-state index contributed by atoms with van der Waals surface area (Å²) in [5, 5.41) is 19.6. The predicted octanol–water partition coefficient (Wildman–Crippen LogP) is 2.65. The molecule has 2 rings (SSSR count). The van der Waals surface area contributed by atoms with Gasteiger partial charge in [0.15, 0.2) is 0 Å². The van der Waals surface area contributed by atoms with Gasteiger partial charge in [0.05, 0.1) is 12.1 Å². The standard InChI is InChI=1S/C17H15N3O/c18-9-11-20(12-10-19)17(21)8-6-14-5-7-15-3-1-2-4-16(15)13-14/h1-5,7,13H,6,8,11-12H2. The van der Waals surface area contributed by atoms with Crippen LogP contribution >= 0.6 is 0 Å². The van der Waals surface area contributed by atoms with Crippen molar-refractivity contribution in [3.8, 4) is 12.1 Å². The highest BCUT2D eigenvalue weighted by Gasteiger charge is 2.12. The summed E-state index contributed by atoms with van der Waals surface area (Å²) in [4.78, 5) is 13.3. The Labute approximate surface area is 123 Å². The number of fused-ring (bicyclic) bond motifs is 1. The molecule has 0 aliphatic rings. The van der Waals surface area contributed by atoms with Gasteiger partial charge in [0.1, 0.15) is 13.1 Å².